The lowest BCUT2D eigenvalue weighted by Gasteiger charge is -2.07. The van der Waals surface area contributed by atoms with E-state index >= 15 is 0 Å². The molecular formula is C16H14ClN2+. The Kier molecular flexibility index (Phi) is 3.34. The molecule has 19 heavy (non-hydrogen) atoms. The van der Waals surface area contributed by atoms with Crippen LogP contribution < -0.4 is 10.3 Å². The lowest BCUT2D eigenvalue weighted by molar-refractivity contribution is -0.344. The Morgan fingerprint density at radius 2 is 1.84 bits per heavy atom. The van der Waals surface area contributed by atoms with E-state index in [1.165, 1.54) is 5.56 Å². The molecule has 0 aliphatic heterocycles. The number of anilines is 1. The van der Waals surface area contributed by atoms with E-state index in [9.17, 15) is 0 Å². The van der Waals surface area contributed by atoms with E-state index in [1.54, 1.807) is 0 Å². The molecule has 1 aromatic heterocycles. The van der Waals surface area contributed by atoms with Crippen molar-refractivity contribution >= 4 is 28.2 Å². The Morgan fingerprint density at radius 1 is 1.00 bits per heavy atom. The van der Waals surface area contributed by atoms with Crippen LogP contribution in [0.25, 0.3) is 10.9 Å². The normalized spacial score (nSPS) is 10.6. The average molecular weight is 270 g/mol. The first-order valence-corrected chi connectivity index (χ1v) is 6.58. The standard InChI is InChI=1S/C16H13ClN2/c17-13-6-7-14-15(8-9-18-16(14)10-13)19-11-12-4-2-1-3-5-12/h1-10H,11H2,(H,18,19)/p+1. The van der Waals surface area contributed by atoms with Crippen molar-refractivity contribution in [3.63, 3.8) is 0 Å². The predicted octanol–water partition coefficient (Wildman–Crippen LogP) is 3.92. The van der Waals surface area contributed by atoms with Gasteiger partial charge in [0.15, 0.2) is 6.20 Å². The average Bonchev–Trinajstić information content (AvgIpc) is 2.45. The quantitative estimate of drug-likeness (QED) is 0.766. The first-order chi connectivity index (χ1) is 9.33. The summed E-state index contributed by atoms with van der Waals surface area (Å²) in [5.74, 6) is 0. The largest absolute Gasteiger partial charge is 0.380 e. The molecule has 0 amide bonds. The van der Waals surface area contributed by atoms with Crippen LogP contribution in [0.5, 0.6) is 0 Å². The SMILES string of the molecule is Clc1ccc2c(NCc3ccccc3)cc[nH+]c2c1. The summed E-state index contributed by atoms with van der Waals surface area (Å²) in [5, 5.41) is 5.34. The summed E-state index contributed by atoms with van der Waals surface area (Å²) in [6, 6.07) is 18.3. The van der Waals surface area contributed by atoms with Crippen LogP contribution in [0.1, 0.15) is 5.56 Å². The Labute approximate surface area is 117 Å². The number of rotatable bonds is 3. The first kappa shape index (κ1) is 12.0. The van der Waals surface area contributed by atoms with E-state index in [1.807, 2.05) is 48.7 Å². The first-order valence-electron chi connectivity index (χ1n) is 6.21. The van der Waals surface area contributed by atoms with Gasteiger partial charge >= 0.3 is 0 Å². The third-order valence-electron chi connectivity index (χ3n) is 3.09. The van der Waals surface area contributed by atoms with Crippen LogP contribution in [-0.4, -0.2) is 0 Å². The zero-order chi connectivity index (χ0) is 13.1. The second kappa shape index (κ2) is 5.29. The number of aromatic amines is 1. The molecule has 3 heteroatoms. The predicted molar refractivity (Wildman–Crippen MR) is 79.3 cm³/mol. The molecule has 3 rings (SSSR count). The van der Waals surface area contributed by atoms with E-state index in [2.05, 4.69) is 22.4 Å². The number of hydrogen-bond acceptors (Lipinski definition) is 1. The van der Waals surface area contributed by atoms with Gasteiger partial charge in [0.25, 0.3) is 0 Å². The highest BCUT2D eigenvalue weighted by Gasteiger charge is 2.06. The Balaban J connectivity index is 1.89. The minimum absolute atomic E-state index is 0.740. The second-order valence-electron chi connectivity index (χ2n) is 4.42. The van der Waals surface area contributed by atoms with Gasteiger partial charge < -0.3 is 5.32 Å². The number of H-pyrrole nitrogens is 1. The molecule has 1 heterocycles. The fourth-order valence-electron chi connectivity index (χ4n) is 2.12. The van der Waals surface area contributed by atoms with Crippen LogP contribution in [-0.2, 0) is 6.54 Å². The Morgan fingerprint density at radius 3 is 2.68 bits per heavy atom. The maximum atomic E-state index is 6.00. The summed E-state index contributed by atoms with van der Waals surface area (Å²) in [5.41, 5.74) is 3.40. The van der Waals surface area contributed by atoms with E-state index in [0.29, 0.717) is 0 Å². The summed E-state index contributed by atoms with van der Waals surface area (Å²) < 4.78 is 0. The summed E-state index contributed by atoms with van der Waals surface area (Å²) in [7, 11) is 0. The van der Waals surface area contributed by atoms with Gasteiger partial charge in [0, 0.05) is 23.7 Å². The fourth-order valence-corrected chi connectivity index (χ4v) is 2.29. The highest BCUT2D eigenvalue weighted by Crippen LogP contribution is 2.23. The number of aromatic nitrogens is 1. The Hall–Kier alpha value is -2.06. The molecular weight excluding hydrogens is 256 g/mol. The maximum Gasteiger partial charge on any atom is 0.214 e. The van der Waals surface area contributed by atoms with Crippen molar-refractivity contribution < 1.29 is 4.98 Å². The van der Waals surface area contributed by atoms with Gasteiger partial charge in [-0.15, -0.1) is 0 Å². The van der Waals surface area contributed by atoms with Crippen molar-refractivity contribution in [3.8, 4) is 0 Å². The van der Waals surface area contributed by atoms with Gasteiger partial charge in [-0.3, -0.25) is 0 Å². The fraction of sp³-hybridized carbons (Fsp3) is 0.0625. The molecule has 0 aliphatic carbocycles. The van der Waals surface area contributed by atoms with Crippen molar-refractivity contribution in [2.24, 2.45) is 0 Å². The molecule has 0 bridgehead atoms. The van der Waals surface area contributed by atoms with Crippen molar-refractivity contribution in [3.05, 3.63) is 71.4 Å². The molecule has 0 atom stereocenters. The van der Waals surface area contributed by atoms with Gasteiger partial charge in [0.2, 0.25) is 5.52 Å². The van der Waals surface area contributed by atoms with Crippen LogP contribution in [0.3, 0.4) is 0 Å². The van der Waals surface area contributed by atoms with E-state index < -0.39 is 0 Å². The van der Waals surface area contributed by atoms with Crippen LogP contribution in [0.4, 0.5) is 5.69 Å². The van der Waals surface area contributed by atoms with Crippen LogP contribution >= 0.6 is 11.6 Å². The summed E-state index contributed by atoms with van der Waals surface area (Å²) in [4.78, 5) is 3.21. The lowest BCUT2D eigenvalue weighted by Crippen LogP contribution is -2.06. The maximum absolute atomic E-state index is 6.00. The van der Waals surface area contributed by atoms with E-state index in [4.69, 9.17) is 11.6 Å². The smallest absolute Gasteiger partial charge is 0.214 e. The lowest BCUT2D eigenvalue weighted by atomic mass is 10.1. The third kappa shape index (κ3) is 2.69. The molecule has 3 aromatic rings. The molecule has 0 unspecified atom stereocenters. The summed E-state index contributed by atoms with van der Waals surface area (Å²) in [6.45, 7) is 0.808. The third-order valence-corrected chi connectivity index (χ3v) is 3.32. The molecule has 94 valence electrons. The van der Waals surface area contributed by atoms with Crippen molar-refractivity contribution in [2.45, 2.75) is 6.54 Å². The molecule has 0 saturated carbocycles. The topological polar surface area (TPSA) is 26.2 Å². The minimum Gasteiger partial charge on any atom is -0.380 e. The highest BCUT2D eigenvalue weighted by molar-refractivity contribution is 6.31. The van der Waals surface area contributed by atoms with Gasteiger partial charge in [-0.1, -0.05) is 41.9 Å². The Bertz CT molecular complexity index is 695. The van der Waals surface area contributed by atoms with Crippen molar-refractivity contribution in [2.75, 3.05) is 5.32 Å². The minimum atomic E-state index is 0.740. The van der Waals surface area contributed by atoms with E-state index in [0.717, 1.165) is 28.2 Å². The summed E-state index contributed by atoms with van der Waals surface area (Å²) in [6.07, 6.45) is 1.92. The molecule has 0 fully saturated rings. The van der Waals surface area contributed by atoms with Crippen molar-refractivity contribution in [1.29, 1.82) is 0 Å². The molecule has 0 saturated heterocycles. The second-order valence-corrected chi connectivity index (χ2v) is 4.86. The zero-order valence-electron chi connectivity index (χ0n) is 10.4. The van der Waals surface area contributed by atoms with Crippen LogP contribution in [0, 0.1) is 0 Å². The van der Waals surface area contributed by atoms with E-state index in [-0.39, 0.29) is 0 Å². The molecule has 2 aromatic carbocycles. The van der Waals surface area contributed by atoms with Crippen LogP contribution in [0.2, 0.25) is 5.02 Å². The van der Waals surface area contributed by atoms with Crippen molar-refractivity contribution in [1.82, 2.24) is 0 Å². The molecule has 2 nitrogen and oxygen atoms in total. The molecule has 0 spiro atoms. The number of fused-ring (bicyclic) bond motifs is 1. The number of benzene rings is 2. The van der Waals surface area contributed by atoms with Crippen LogP contribution in [0.15, 0.2) is 60.8 Å². The number of nitrogens with one attached hydrogen (secondary N) is 2. The molecule has 2 N–H and O–H groups in total. The summed E-state index contributed by atoms with van der Waals surface area (Å²) >= 11 is 6.00. The zero-order valence-corrected chi connectivity index (χ0v) is 11.1. The highest BCUT2D eigenvalue weighted by atomic mass is 35.5. The van der Waals surface area contributed by atoms with Gasteiger partial charge in [-0.2, -0.15) is 0 Å². The van der Waals surface area contributed by atoms with Gasteiger partial charge in [0.05, 0.1) is 11.1 Å². The monoisotopic (exact) mass is 269 g/mol. The number of hydrogen-bond donors (Lipinski definition) is 1. The number of halogens is 1. The van der Waals surface area contributed by atoms with Gasteiger partial charge in [-0.05, 0) is 17.7 Å². The molecule has 0 radical (unpaired) electrons. The number of pyridine rings is 1. The molecule has 0 aliphatic rings. The van der Waals surface area contributed by atoms with Gasteiger partial charge in [-0.25, -0.2) is 4.98 Å². The van der Waals surface area contributed by atoms with Gasteiger partial charge in [0.1, 0.15) is 0 Å².